The van der Waals surface area contributed by atoms with Crippen molar-refractivity contribution in [3.8, 4) is 23.1 Å². The third kappa shape index (κ3) is 5.86. The zero-order chi connectivity index (χ0) is 25.9. The van der Waals surface area contributed by atoms with Gasteiger partial charge in [-0.25, -0.2) is 9.78 Å². The molecule has 1 amide bonds. The largest absolute Gasteiger partial charge is 0.444 e. The number of amides is 1. The van der Waals surface area contributed by atoms with Gasteiger partial charge in [0.15, 0.2) is 0 Å². The van der Waals surface area contributed by atoms with Gasteiger partial charge in [-0.15, -0.1) is 0 Å². The Morgan fingerprint density at radius 3 is 2.44 bits per heavy atom. The molecule has 2 aromatic carbocycles. The Morgan fingerprint density at radius 1 is 1.11 bits per heavy atom. The Hall–Kier alpha value is -3.84. The predicted molar refractivity (Wildman–Crippen MR) is 133 cm³/mol. The van der Waals surface area contributed by atoms with Gasteiger partial charge in [-0.2, -0.15) is 13.7 Å². The fraction of sp³-hybridized carbons (Fsp3) is 0.346. The lowest BCUT2D eigenvalue weighted by molar-refractivity contribution is 0.0189. The molecule has 0 atom stereocenters. The second-order valence-electron chi connectivity index (χ2n) is 9.59. The number of carbonyl (C=O) groups excluding carboxylic acids is 1. The van der Waals surface area contributed by atoms with Crippen molar-refractivity contribution in [2.45, 2.75) is 50.2 Å². The van der Waals surface area contributed by atoms with Gasteiger partial charge in [0.1, 0.15) is 16.2 Å². The fourth-order valence-electron chi connectivity index (χ4n) is 4.05. The molecule has 188 valence electrons. The van der Waals surface area contributed by atoms with Crippen LogP contribution in [0.15, 0.2) is 66.0 Å². The summed E-state index contributed by atoms with van der Waals surface area (Å²) in [5, 5.41) is 9.02. The van der Waals surface area contributed by atoms with Crippen molar-refractivity contribution >= 4 is 16.2 Å². The highest BCUT2D eigenvalue weighted by Crippen LogP contribution is 2.31. The van der Waals surface area contributed by atoms with Crippen LogP contribution in [0.25, 0.3) is 11.3 Å². The summed E-state index contributed by atoms with van der Waals surface area (Å²) >= 11 is 0. The van der Waals surface area contributed by atoms with E-state index in [0.717, 1.165) is 24.1 Å². The lowest BCUT2D eigenvalue weighted by atomic mass is 10.0. The highest BCUT2D eigenvalue weighted by atomic mass is 32.2. The van der Waals surface area contributed by atoms with E-state index < -0.39 is 15.7 Å². The molecule has 0 N–H and O–H groups in total. The number of nitriles is 1. The van der Waals surface area contributed by atoms with Gasteiger partial charge < -0.3 is 18.4 Å². The number of imidazole rings is 1. The molecule has 1 aliphatic heterocycles. The zero-order valence-corrected chi connectivity index (χ0v) is 21.2. The lowest BCUT2D eigenvalue weighted by Crippen LogP contribution is -2.42. The van der Waals surface area contributed by atoms with E-state index in [1.807, 2.05) is 26.8 Å². The molecular weight excluding hydrogens is 480 g/mol. The molecule has 1 saturated heterocycles. The quantitative estimate of drug-likeness (QED) is 0.456. The van der Waals surface area contributed by atoms with Crippen LogP contribution < -0.4 is 4.18 Å². The number of carbonyl (C=O) groups is 1. The third-order valence-corrected chi connectivity index (χ3v) is 7.03. The van der Waals surface area contributed by atoms with Crippen LogP contribution in [0.5, 0.6) is 5.75 Å². The van der Waals surface area contributed by atoms with Gasteiger partial charge in [-0.05, 0) is 76.1 Å². The molecular formula is C26H28N4O5S. The fourth-order valence-corrected chi connectivity index (χ4v) is 5.03. The molecule has 36 heavy (non-hydrogen) atoms. The number of hydrogen-bond donors (Lipinski definition) is 0. The molecule has 3 aromatic rings. The molecule has 0 aliphatic carbocycles. The van der Waals surface area contributed by atoms with Crippen molar-refractivity contribution in [2.24, 2.45) is 0 Å². The lowest BCUT2D eigenvalue weighted by Gasteiger charge is -2.34. The van der Waals surface area contributed by atoms with Gasteiger partial charge in [-0.1, -0.05) is 6.07 Å². The molecule has 0 saturated carbocycles. The first-order chi connectivity index (χ1) is 17.1. The van der Waals surface area contributed by atoms with Gasteiger partial charge >= 0.3 is 16.2 Å². The van der Waals surface area contributed by atoms with E-state index in [1.54, 1.807) is 41.7 Å². The third-order valence-electron chi connectivity index (χ3n) is 5.78. The van der Waals surface area contributed by atoms with Crippen LogP contribution in [0.1, 0.15) is 45.2 Å². The zero-order valence-electron chi connectivity index (χ0n) is 20.4. The Kier molecular flexibility index (Phi) is 7.04. The number of aromatic nitrogens is 2. The van der Waals surface area contributed by atoms with Crippen molar-refractivity contribution < 1.29 is 22.1 Å². The summed E-state index contributed by atoms with van der Waals surface area (Å²) in [6, 6.07) is 14.5. The van der Waals surface area contributed by atoms with Gasteiger partial charge in [0.25, 0.3) is 0 Å². The van der Waals surface area contributed by atoms with Gasteiger partial charge in [0, 0.05) is 24.7 Å². The van der Waals surface area contributed by atoms with Crippen LogP contribution >= 0.6 is 0 Å². The second kappa shape index (κ2) is 10.0. The van der Waals surface area contributed by atoms with Crippen LogP contribution in [0.3, 0.4) is 0 Å². The van der Waals surface area contributed by atoms with Gasteiger partial charge in [0.2, 0.25) is 0 Å². The molecule has 9 nitrogen and oxygen atoms in total. The standard InChI is InChI=1S/C26H28N4O5S/c1-26(2,3)34-25(31)29-13-11-21(12-14-29)30-18-28-17-24(30)20-7-9-22(10-8-20)35-36(32,33)23-6-4-5-19(15-23)16-27/h4-10,15,17-18,21H,11-14H2,1-3H3. The minimum atomic E-state index is -4.07. The van der Waals surface area contributed by atoms with Crippen LogP contribution in [-0.2, 0) is 14.9 Å². The summed E-state index contributed by atoms with van der Waals surface area (Å²) in [6.45, 7) is 6.75. The molecule has 0 spiro atoms. The number of piperidine rings is 1. The normalized spacial score (nSPS) is 14.8. The Bertz CT molecular complexity index is 1380. The maximum Gasteiger partial charge on any atom is 0.410 e. The summed E-state index contributed by atoms with van der Waals surface area (Å²) in [5.74, 6) is 0.165. The Morgan fingerprint density at radius 2 is 1.81 bits per heavy atom. The number of benzene rings is 2. The average Bonchev–Trinajstić information content (AvgIpc) is 3.33. The maximum absolute atomic E-state index is 12.6. The van der Waals surface area contributed by atoms with Crippen molar-refractivity contribution in [1.82, 2.24) is 14.5 Å². The molecule has 0 radical (unpaired) electrons. The number of ether oxygens (including phenoxy) is 1. The highest BCUT2D eigenvalue weighted by molar-refractivity contribution is 7.87. The average molecular weight is 509 g/mol. The molecule has 10 heteroatoms. The molecule has 0 bridgehead atoms. The van der Waals surface area contributed by atoms with E-state index in [0.29, 0.717) is 13.1 Å². The van der Waals surface area contributed by atoms with Crippen LogP contribution in [-0.4, -0.2) is 47.7 Å². The van der Waals surface area contributed by atoms with Crippen molar-refractivity contribution in [2.75, 3.05) is 13.1 Å². The summed E-state index contributed by atoms with van der Waals surface area (Å²) in [5.41, 5.74) is 1.46. The van der Waals surface area contributed by atoms with Crippen LogP contribution in [0.2, 0.25) is 0 Å². The van der Waals surface area contributed by atoms with E-state index in [1.165, 1.54) is 24.3 Å². The number of hydrogen-bond acceptors (Lipinski definition) is 7. The van der Waals surface area contributed by atoms with E-state index in [4.69, 9.17) is 14.2 Å². The smallest absolute Gasteiger partial charge is 0.410 e. The minimum absolute atomic E-state index is 0.0820. The summed E-state index contributed by atoms with van der Waals surface area (Å²) < 4.78 is 38.1. The van der Waals surface area contributed by atoms with Crippen molar-refractivity contribution in [3.05, 3.63) is 66.6 Å². The SMILES string of the molecule is CC(C)(C)OC(=O)N1CCC(n2cncc2-c2ccc(OS(=O)(=O)c3cccc(C#N)c3)cc2)CC1. The Labute approximate surface area is 211 Å². The predicted octanol–water partition coefficient (Wildman–Crippen LogP) is 4.76. The maximum atomic E-state index is 12.6. The highest BCUT2D eigenvalue weighted by Gasteiger charge is 2.28. The van der Waals surface area contributed by atoms with Gasteiger partial charge in [-0.3, -0.25) is 0 Å². The number of likely N-dealkylation sites (tertiary alicyclic amines) is 1. The van der Waals surface area contributed by atoms with Gasteiger partial charge in [0.05, 0.1) is 29.9 Å². The molecule has 0 unspecified atom stereocenters. The van der Waals surface area contributed by atoms with E-state index >= 15 is 0 Å². The Balaban J connectivity index is 1.44. The molecule has 1 aliphatic rings. The number of nitrogens with zero attached hydrogens (tertiary/aromatic N) is 4. The van der Waals surface area contributed by atoms with Crippen LogP contribution in [0, 0.1) is 11.3 Å². The first-order valence-corrected chi connectivity index (χ1v) is 13.0. The topological polar surface area (TPSA) is 115 Å². The molecule has 1 aromatic heterocycles. The summed E-state index contributed by atoms with van der Waals surface area (Å²) in [6.07, 6.45) is 4.78. The van der Waals surface area contributed by atoms with E-state index in [2.05, 4.69) is 9.55 Å². The first-order valence-electron chi connectivity index (χ1n) is 11.6. The molecule has 1 fully saturated rings. The summed E-state index contributed by atoms with van der Waals surface area (Å²) in [7, 11) is -4.07. The minimum Gasteiger partial charge on any atom is -0.444 e. The monoisotopic (exact) mass is 508 g/mol. The van der Waals surface area contributed by atoms with Crippen LogP contribution in [0.4, 0.5) is 4.79 Å². The number of rotatable bonds is 5. The van der Waals surface area contributed by atoms with Crippen molar-refractivity contribution in [3.63, 3.8) is 0 Å². The molecule has 2 heterocycles. The van der Waals surface area contributed by atoms with E-state index in [-0.39, 0.29) is 28.3 Å². The second-order valence-corrected chi connectivity index (χ2v) is 11.1. The van der Waals surface area contributed by atoms with E-state index in [9.17, 15) is 13.2 Å². The van der Waals surface area contributed by atoms with Crippen molar-refractivity contribution in [1.29, 1.82) is 5.26 Å². The summed E-state index contributed by atoms with van der Waals surface area (Å²) in [4.78, 5) is 18.3. The first kappa shape index (κ1) is 25.3. The molecule has 4 rings (SSSR count).